The van der Waals surface area contributed by atoms with Crippen LogP contribution in [0.3, 0.4) is 0 Å². The highest BCUT2D eigenvalue weighted by atomic mass is 19.1. The Kier molecular flexibility index (Phi) is 3.83. The monoisotopic (exact) mass is 303 g/mol. The van der Waals surface area contributed by atoms with Crippen molar-refractivity contribution >= 4 is 5.91 Å². The van der Waals surface area contributed by atoms with E-state index in [0.29, 0.717) is 29.2 Å². The van der Waals surface area contributed by atoms with Gasteiger partial charge >= 0.3 is 0 Å². The summed E-state index contributed by atoms with van der Waals surface area (Å²) in [6, 6.07) is 6.50. The second-order valence-corrected chi connectivity index (χ2v) is 5.32. The van der Waals surface area contributed by atoms with Crippen LogP contribution in [0.2, 0.25) is 0 Å². The molecule has 1 N–H and O–H groups in total. The van der Waals surface area contributed by atoms with Crippen molar-refractivity contribution < 1.29 is 13.9 Å². The average Bonchev–Trinajstić information content (AvgIpc) is 3.22. The minimum atomic E-state index is -0.422. The maximum absolute atomic E-state index is 14.2. The van der Waals surface area contributed by atoms with Gasteiger partial charge in [-0.2, -0.15) is 5.10 Å². The van der Waals surface area contributed by atoms with Crippen LogP contribution < -0.4 is 10.1 Å². The van der Waals surface area contributed by atoms with Crippen LogP contribution >= 0.6 is 0 Å². The van der Waals surface area contributed by atoms with Gasteiger partial charge in [0.1, 0.15) is 17.3 Å². The fraction of sp³-hybridized carbons (Fsp3) is 0.375. The molecule has 1 fully saturated rings. The SMILES string of the molecule is CCn1nc(-c2ccc(OC)cc2F)cc1C(=O)NC1CC1. The Morgan fingerprint density at radius 2 is 2.23 bits per heavy atom. The molecule has 6 heteroatoms. The van der Waals surface area contributed by atoms with Gasteiger partial charge in [-0.25, -0.2) is 4.39 Å². The van der Waals surface area contributed by atoms with Crippen molar-refractivity contribution in [3.63, 3.8) is 0 Å². The van der Waals surface area contributed by atoms with E-state index >= 15 is 0 Å². The number of carbonyl (C=O) groups excluding carboxylic acids is 1. The van der Waals surface area contributed by atoms with Gasteiger partial charge in [0.2, 0.25) is 0 Å². The van der Waals surface area contributed by atoms with Crippen LogP contribution in [0.25, 0.3) is 11.3 Å². The van der Waals surface area contributed by atoms with Crippen LogP contribution in [0.4, 0.5) is 4.39 Å². The Morgan fingerprint density at radius 1 is 1.45 bits per heavy atom. The number of aryl methyl sites for hydroxylation is 1. The first-order chi connectivity index (χ1) is 10.6. The van der Waals surface area contributed by atoms with E-state index in [1.165, 1.54) is 13.2 Å². The van der Waals surface area contributed by atoms with Crippen LogP contribution in [-0.4, -0.2) is 28.8 Å². The van der Waals surface area contributed by atoms with Crippen molar-refractivity contribution in [3.05, 3.63) is 35.8 Å². The van der Waals surface area contributed by atoms with Crippen LogP contribution in [0.1, 0.15) is 30.3 Å². The van der Waals surface area contributed by atoms with Gasteiger partial charge in [-0.3, -0.25) is 9.48 Å². The number of carbonyl (C=O) groups is 1. The van der Waals surface area contributed by atoms with Crippen molar-refractivity contribution in [2.24, 2.45) is 0 Å². The third-order valence-corrected chi connectivity index (χ3v) is 3.68. The minimum Gasteiger partial charge on any atom is -0.497 e. The summed E-state index contributed by atoms with van der Waals surface area (Å²) >= 11 is 0. The molecule has 0 atom stereocenters. The lowest BCUT2D eigenvalue weighted by atomic mass is 10.1. The normalized spacial score (nSPS) is 14.0. The quantitative estimate of drug-likeness (QED) is 0.923. The molecule has 1 aromatic heterocycles. The zero-order chi connectivity index (χ0) is 15.7. The summed E-state index contributed by atoms with van der Waals surface area (Å²) in [5, 5.41) is 7.27. The summed E-state index contributed by atoms with van der Waals surface area (Å²) in [5.41, 5.74) is 1.26. The number of nitrogens with zero attached hydrogens (tertiary/aromatic N) is 2. The Balaban J connectivity index is 1.94. The Hall–Kier alpha value is -2.37. The molecule has 1 heterocycles. The van der Waals surface area contributed by atoms with Gasteiger partial charge in [0.05, 0.1) is 12.8 Å². The summed E-state index contributed by atoms with van der Waals surface area (Å²) in [6.45, 7) is 2.44. The predicted octanol–water partition coefficient (Wildman–Crippen LogP) is 2.61. The number of halogens is 1. The van der Waals surface area contributed by atoms with Gasteiger partial charge < -0.3 is 10.1 Å². The summed E-state index contributed by atoms with van der Waals surface area (Å²) in [5.74, 6) is -0.130. The van der Waals surface area contributed by atoms with E-state index < -0.39 is 5.82 Å². The van der Waals surface area contributed by atoms with Crippen LogP contribution in [0.15, 0.2) is 24.3 Å². The van der Waals surface area contributed by atoms with Gasteiger partial charge in [-0.05, 0) is 38.0 Å². The number of hydrogen-bond acceptors (Lipinski definition) is 3. The second kappa shape index (κ2) is 5.79. The molecule has 0 aliphatic heterocycles. The molecule has 0 radical (unpaired) electrons. The summed E-state index contributed by atoms with van der Waals surface area (Å²) in [6.07, 6.45) is 2.04. The second-order valence-electron chi connectivity index (χ2n) is 5.32. The Morgan fingerprint density at radius 3 is 2.82 bits per heavy atom. The molecule has 5 nitrogen and oxygen atoms in total. The maximum Gasteiger partial charge on any atom is 0.269 e. The molecule has 0 spiro atoms. The third kappa shape index (κ3) is 2.81. The lowest BCUT2D eigenvalue weighted by molar-refractivity contribution is 0.0940. The summed E-state index contributed by atoms with van der Waals surface area (Å²) < 4.78 is 20.7. The highest BCUT2D eigenvalue weighted by molar-refractivity contribution is 5.94. The zero-order valence-electron chi connectivity index (χ0n) is 12.6. The average molecular weight is 303 g/mol. The smallest absolute Gasteiger partial charge is 0.269 e. The first-order valence-corrected chi connectivity index (χ1v) is 7.35. The topological polar surface area (TPSA) is 56.2 Å². The fourth-order valence-corrected chi connectivity index (χ4v) is 2.29. The van der Waals surface area contributed by atoms with Gasteiger partial charge in [-0.1, -0.05) is 0 Å². The Labute approximate surface area is 128 Å². The van der Waals surface area contributed by atoms with Gasteiger partial charge in [-0.15, -0.1) is 0 Å². The van der Waals surface area contributed by atoms with Crippen LogP contribution in [0, 0.1) is 5.82 Å². The van der Waals surface area contributed by atoms with E-state index in [9.17, 15) is 9.18 Å². The lowest BCUT2D eigenvalue weighted by Gasteiger charge is -2.04. The highest BCUT2D eigenvalue weighted by Crippen LogP contribution is 2.26. The molecule has 22 heavy (non-hydrogen) atoms. The highest BCUT2D eigenvalue weighted by Gasteiger charge is 2.26. The van der Waals surface area contributed by atoms with Crippen LogP contribution in [0.5, 0.6) is 5.75 Å². The van der Waals surface area contributed by atoms with Crippen molar-refractivity contribution in [1.82, 2.24) is 15.1 Å². The molecule has 116 valence electrons. The number of methoxy groups -OCH3 is 1. The molecule has 1 amide bonds. The number of amides is 1. The number of hydrogen-bond donors (Lipinski definition) is 1. The fourth-order valence-electron chi connectivity index (χ4n) is 2.29. The molecular weight excluding hydrogens is 285 g/mol. The molecule has 0 bridgehead atoms. The number of aromatic nitrogens is 2. The molecule has 1 aliphatic carbocycles. The van der Waals surface area contributed by atoms with Gasteiger partial charge in [0, 0.05) is 24.2 Å². The third-order valence-electron chi connectivity index (χ3n) is 3.68. The van der Waals surface area contributed by atoms with Crippen molar-refractivity contribution in [1.29, 1.82) is 0 Å². The number of benzene rings is 1. The standard InChI is InChI=1S/C16H18FN3O2/c1-3-20-15(16(21)18-10-4-5-10)9-14(19-20)12-7-6-11(22-2)8-13(12)17/h6-10H,3-5H2,1-2H3,(H,18,21). The maximum atomic E-state index is 14.2. The largest absolute Gasteiger partial charge is 0.497 e. The van der Waals surface area contributed by atoms with Gasteiger partial charge in [0.15, 0.2) is 0 Å². The van der Waals surface area contributed by atoms with Crippen molar-refractivity contribution in [2.75, 3.05) is 7.11 Å². The molecule has 1 aliphatic rings. The van der Waals surface area contributed by atoms with E-state index in [0.717, 1.165) is 12.8 Å². The van der Waals surface area contributed by atoms with E-state index in [4.69, 9.17) is 4.74 Å². The summed E-state index contributed by atoms with van der Waals surface area (Å²) in [4.78, 5) is 12.2. The van der Waals surface area contributed by atoms with E-state index in [-0.39, 0.29) is 11.9 Å². The molecule has 3 rings (SSSR count). The predicted molar refractivity (Wildman–Crippen MR) is 80.3 cm³/mol. The molecule has 0 saturated heterocycles. The first-order valence-electron chi connectivity index (χ1n) is 7.35. The number of rotatable bonds is 5. The molecule has 2 aromatic rings. The van der Waals surface area contributed by atoms with E-state index in [2.05, 4.69) is 10.4 Å². The minimum absolute atomic E-state index is 0.156. The number of ether oxygens (including phenoxy) is 1. The Bertz CT molecular complexity index is 707. The van der Waals surface area contributed by atoms with Crippen molar-refractivity contribution in [3.8, 4) is 17.0 Å². The first kappa shape index (κ1) is 14.6. The summed E-state index contributed by atoms with van der Waals surface area (Å²) in [7, 11) is 1.49. The van der Waals surface area contributed by atoms with E-state index in [1.54, 1.807) is 22.9 Å². The van der Waals surface area contributed by atoms with Crippen LogP contribution in [-0.2, 0) is 6.54 Å². The molecule has 1 aromatic carbocycles. The number of nitrogens with one attached hydrogen (secondary N) is 1. The molecule has 0 unspecified atom stereocenters. The van der Waals surface area contributed by atoms with E-state index in [1.807, 2.05) is 6.92 Å². The van der Waals surface area contributed by atoms with Crippen molar-refractivity contribution in [2.45, 2.75) is 32.4 Å². The molecule has 1 saturated carbocycles. The molecular formula is C16H18FN3O2. The van der Waals surface area contributed by atoms with Gasteiger partial charge in [0.25, 0.3) is 5.91 Å². The zero-order valence-corrected chi connectivity index (χ0v) is 12.6. The lowest BCUT2D eigenvalue weighted by Crippen LogP contribution is -2.27.